The fourth-order valence-corrected chi connectivity index (χ4v) is 2.47. The van der Waals surface area contributed by atoms with Crippen LogP contribution in [-0.4, -0.2) is 8.07 Å². The van der Waals surface area contributed by atoms with E-state index in [2.05, 4.69) is 52.1 Å². The number of hydrogen-bond donors (Lipinski definition) is 0. The third-order valence-electron chi connectivity index (χ3n) is 2.31. The summed E-state index contributed by atoms with van der Waals surface area (Å²) in [5.74, 6) is 0.676. The van der Waals surface area contributed by atoms with Gasteiger partial charge < -0.3 is 0 Å². The molecule has 1 aliphatic rings. The molecule has 0 aromatic heterocycles. The summed E-state index contributed by atoms with van der Waals surface area (Å²) in [6.45, 7) is 11.7. The summed E-state index contributed by atoms with van der Waals surface area (Å²) in [5.41, 5.74) is 1.49. The summed E-state index contributed by atoms with van der Waals surface area (Å²) >= 11 is 0. The Bertz CT molecular complexity index is 226. The topological polar surface area (TPSA) is 0 Å². The van der Waals surface area contributed by atoms with Crippen molar-refractivity contribution in [2.75, 3.05) is 0 Å². The van der Waals surface area contributed by atoms with Crippen molar-refractivity contribution in [1.82, 2.24) is 0 Å². The Morgan fingerprint density at radius 3 is 2.00 bits per heavy atom. The van der Waals surface area contributed by atoms with Crippen molar-refractivity contribution >= 4 is 8.07 Å². The molecule has 0 bridgehead atoms. The number of rotatable bonds is 2. The molecule has 0 aromatic carbocycles. The van der Waals surface area contributed by atoms with E-state index >= 15 is 0 Å². The molecule has 0 atom stereocenters. The molecule has 0 amide bonds. The van der Waals surface area contributed by atoms with Gasteiger partial charge in [0.05, 0.1) is 8.07 Å². The maximum Gasteiger partial charge on any atom is 0.0732 e. The Morgan fingerprint density at radius 1 is 1.17 bits per heavy atom. The van der Waals surface area contributed by atoms with Gasteiger partial charge in [0.2, 0.25) is 0 Å². The lowest BCUT2D eigenvalue weighted by Gasteiger charge is -2.17. The first-order chi connectivity index (χ1) is 5.41. The maximum absolute atomic E-state index is 2.40. The molecule has 0 heterocycles. The lowest BCUT2D eigenvalue weighted by atomic mass is 10.1. The molecule has 67 valence electrons. The summed E-state index contributed by atoms with van der Waals surface area (Å²) in [7, 11) is -1.06. The van der Waals surface area contributed by atoms with Crippen LogP contribution in [0, 0.1) is 12.3 Å². The van der Waals surface area contributed by atoms with Gasteiger partial charge in [-0.2, -0.15) is 0 Å². The van der Waals surface area contributed by atoms with Gasteiger partial charge in [-0.3, -0.25) is 0 Å². The van der Waals surface area contributed by atoms with E-state index in [1.54, 1.807) is 5.20 Å². The van der Waals surface area contributed by atoms with Gasteiger partial charge in [0.25, 0.3) is 0 Å². The fourth-order valence-electron chi connectivity index (χ4n) is 1.29. The molecule has 0 aromatic rings. The maximum atomic E-state index is 2.40. The van der Waals surface area contributed by atoms with Crippen LogP contribution < -0.4 is 0 Å². The van der Waals surface area contributed by atoms with Crippen molar-refractivity contribution in [2.24, 2.45) is 5.92 Å². The minimum Gasteiger partial charge on any atom is -0.0734 e. The van der Waals surface area contributed by atoms with Crippen molar-refractivity contribution in [3.05, 3.63) is 29.3 Å². The lowest BCUT2D eigenvalue weighted by Crippen LogP contribution is -2.23. The standard InChI is InChI=1S/C11H19Si/c1-9(2)10-6-7-11(8-10)12(3,4)5/h6-9H,1-5H3. The second-order valence-electron chi connectivity index (χ2n) is 4.84. The molecule has 0 aliphatic heterocycles. The molecular weight excluding hydrogens is 160 g/mol. The van der Waals surface area contributed by atoms with Crippen LogP contribution in [0.4, 0.5) is 0 Å². The highest BCUT2D eigenvalue weighted by atomic mass is 28.3. The fraction of sp³-hybridized carbons (Fsp3) is 0.545. The van der Waals surface area contributed by atoms with E-state index in [1.807, 2.05) is 0 Å². The lowest BCUT2D eigenvalue weighted by molar-refractivity contribution is 0.794. The Balaban J connectivity index is 2.74. The Kier molecular flexibility index (Phi) is 2.62. The molecular formula is C11H19Si. The third-order valence-corrected chi connectivity index (χ3v) is 4.35. The molecule has 1 heteroatoms. The smallest absolute Gasteiger partial charge is 0.0732 e. The van der Waals surface area contributed by atoms with E-state index in [0.29, 0.717) is 5.92 Å². The van der Waals surface area contributed by atoms with E-state index in [9.17, 15) is 0 Å². The Morgan fingerprint density at radius 2 is 1.75 bits per heavy atom. The highest BCUT2D eigenvalue weighted by molar-refractivity contribution is 6.83. The average molecular weight is 179 g/mol. The second-order valence-corrected chi connectivity index (χ2v) is 9.92. The minimum atomic E-state index is -1.06. The Labute approximate surface area is 77.4 Å². The summed E-state index contributed by atoms with van der Waals surface area (Å²) < 4.78 is 0. The van der Waals surface area contributed by atoms with E-state index < -0.39 is 8.07 Å². The van der Waals surface area contributed by atoms with Crippen LogP contribution >= 0.6 is 0 Å². The van der Waals surface area contributed by atoms with E-state index in [-0.39, 0.29) is 0 Å². The SMILES string of the molecule is CC(C)C1=C[CH]C([Si](C)(C)C)=C1. The van der Waals surface area contributed by atoms with Crippen LogP contribution in [0.5, 0.6) is 0 Å². The van der Waals surface area contributed by atoms with E-state index in [1.165, 1.54) is 5.57 Å². The first-order valence-electron chi connectivity index (χ1n) is 4.68. The molecule has 12 heavy (non-hydrogen) atoms. The molecule has 1 aliphatic carbocycles. The van der Waals surface area contributed by atoms with Crippen molar-refractivity contribution < 1.29 is 0 Å². The van der Waals surface area contributed by atoms with E-state index in [4.69, 9.17) is 0 Å². The van der Waals surface area contributed by atoms with Gasteiger partial charge in [0, 0.05) is 6.42 Å². The van der Waals surface area contributed by atoms with Crippen LogP contribution in [0.3, 0.4) is 0 Å². The van der Waals surface area contributed by atoms with Gasteiger partial charge in [-0.25, -0.2) is 0 Å². The van der Waals surface area contributed by atoms with Gasteiger partial charge in [-0.1, -0.05) is 50.8 Å². The number of hydrogen-bond acceptors (Lipinski definition) is 0. The van der Waals surface area contributed by atoms with Gasteiger partial charge in [-0.15, -0.1) is 0 Å². The van der Waals surface area contributed by atoms with Gasteiger partial charge in [-0.05, 0) is 11.5 Å². The summed E-state index contributed by atoms with van der Waals surface area (Å²) in [6.07, 6.45) is 6.97. The monoisotopic (exact) mass is 179 g/mol. The minimum absolute atomic E-state index is 0.676. The molecule has 0 saturated carbocycles. The highest BCUT2D eigenvalue weighted by Gasteiger charge is 2.22. The molecule has 1 rings (SSSR count). The third kappa shape index (κ3) is 2.10. The molecule has 0 spiro atoms. The van der Waals surface area contributed by atoms with Crippen molar-refractivity contribution in [3.63, 3.8) is 0 Å². The van der Waals surface area contributed by atoms with Gasteiger partial charge in [0.15, 0.2) is 0 Å². The molecule has 0 fully saturated rings. The first kappa shape index (κ1) is 9.78. The largest absolute Gasteiger partial charge is 0.0734 e. The quantitative estimate of drug-likeness (QED) is 0.568. The Hall–Kier alpha value is -0.303. The van der Waals surface area contributed by atoms with Crippen LogP contribution in [-0.2, 0) is 0 Å². The zero-order chi connectivity index (χ0) is 9.35. The van der Waals surface area contributed by atoms with Crippen molar-refractivity contribution in [2.45, 2.75) is 33.5 Å². The predicted molar refractivity (Wildman–Crippen MR) is 58.7 cm³/mol. The first-order valence-corrected chi connectivity index (χ1v) is 8.18. The van der Waals surface area contributed by atoms with Crippen molar-refractivity contribution in [3.8, 4) is 0 Å². The molecule has 0 unspecified atom stereocenters. The second kappa shape index (κ2) is 3.21. The molecule has 1 radical (unpaired) electrons. The summed E-state index contributed by atoms with van der Waals surface area (Å²) in [6, 6.07) is 0. The van der Waals surface area contributed by atoms with Crippen LogP contribution in [0.15, 0.2) is 22.9 Å². The van der Waals surface area contributed by atoms with E-state index in [0.717, 1.165) is 0 Å². The predicted octanol–water partition coefficient (Wildman–Crippen LogP) is 3.59. The summed E-state index contributed by atoms with van der Waals surface area (Å²) in [5, 5.41) is 1.59. The normalized spacial score (nSPS) is 18.2. The number of allylic oxidation sites excluding steroid dienone is 4. The zero-order valence-electron chi connectivity index (χ0n) is 8.81. The molecule has 0 nitrogen and oxygen atoms in total. The molecule has 0 saturated heterocycles. The van der Waals surface area contributed by atoms with Gasteiger partial charge >= 0.3 is 0 Å². The highest BCUT2D eigenvalue weighted by Crippen LogP contribution is 2.28. The van der Waals surface area contributed by atoms with Crippen LogP contribution in [0.25, 0.3) is 0 Å². The van der Waals surface area contributed by atoms with Crippen LogP contribution in [0.1, 0.15) is 13.8 Å². The van der Waals surface area contributed by atoms with Crippen LogP contribution in [0.2, 0.25) is 19.6 Å². The zero-order valence-corrected chi connectivity index (χ0v) is 9.81. The van der Waals surface area contributed by atoms with Crippen molar-refractivity contribution in [1.29, 1.82) is 0 Å². The summed E-state index contributed by atoms with van der Waals surface area (Å²) in [4.78, 5) is 0. The average Bonchev–Trinajstić information content (AvgIpc) is 2.30. The van der Waals surface area contributed by atoms with Gasteiger partial charge in [0.1, 0.15) is 0 Å². The molecule has 0 N–H and O–H groups in total.